The summed E-state index contributed by atoms with van der Waals surface area (Å²) in [6, 6.07) is 15.1. The second-order valence-electron chi connectivity index (χ2n) is 6.47. The molecule has 1 fully saturated rings. The van der Waals surface area contributed by atoms with Crippen molar-refractivity contribution >= 4 is 27.3 Å². The van der Waals surface area contributed by atoms with E-state index in [1.165, 1.54) is 10.6 Å². The number of benzene rings is 2. The van der Waals surface area contributed by atoms with Gasteiger partial charge in [0.15, 0.2) is 0 Å². The van der Waals surface area contributed by atoms with Crippen molar-refractivity contribution in [1.29, 1.82) is 0 Å². The molecule has 1 heterocycles. The zero-order valence-corrected chi connectivity index (χ0v) is 15.8. The van der Waals surface area contributed by atoms with Crippen LogP contribution in [-0.2, 0) is 10.0 Å². The Balaban J connectivity index is 1.63. The van der Waals surface area contributed by atoms with Crippen molar-refractivity contribution in [2.75, 3.05) is 42.7 Å². The molecule has 1 saturated heterocycles. The van der Waals surface area contributed by atoms with Gasteiger partial charge in [-0.25, -0.2) is 8.42 Å². The molecular formula is C19H23N3O3S. The van der Waals surface area contributed by atoms with E-state index in [1.807, 2.05) is 49.4 Å². The average Bonchev–Trinajstić information content (AvgIpc) is 2.62. The Hall–Kier alpha value is -2.38. The summed E-state index contributed by atoms with van der Waals surface area (Å²) in [7, 11) is -3.12. The molecule has 1 aliphatic heterocycles. The second-order valence-corrected chi connectivity index (χ2v) is 8.45. The molecule has 1 amide bonds. The first-order valence-electron chi connectivity index (χ1n) is 8.52. The van der Waals surface area contributed by atoms with E-state index in [2.05, 4.69) is 10.2 Å². The van der Waals surface area contributed by atoms with E-state index >= 15 is 0 Å². The number of hydrogen-bond acceptors (Lipinski definition) is 4. The molecule has 0 saturated carbocycles. The molecule has 0 aliphatic carbocycles. The van der Waals surface area contributed by atoms with Crippen LogP contribution in [0.5, 0.6) is 0 Å². The Morgan fingerprint density at radius 2 is 1.58 bits per heavy atom. The number of piperazine rings is 1. The number of anilines is 2. The minimum Gasteiger partial charge on any atom is -0.369 e. The first-order chi connectivity index (χ1) is 12.3. The Morgan fingerprint density at radius 1 is 0.962 bits per heavy atom. The monoisotopic (exact) mass is 373 g/mol. The number of nitrogens with one attached hydrogen (secondary N) is 1. The van der Waals surface area contributed by atoms with Crippen LogP contribution in [0.15, 0.2) is 48.5 Å². The van der Waals surface area contributed by atoms with Gasteiger partial charge in [-0.05, 0) is 42.8 Å². The predicted molar refractivity (Wildman–Crippen MR) is 104 cm³/mol. The molecule has 2 aromatic rings. The minimum atomic E-state index is -3.12. The SMILES string of the molecule is Cc1ccccc1C(=O)Nc1ccc(N2CCN(S(C)(=O)=O)CC2)cc1. The third-order valence-electron chi connectivity index (χ3n) is 4.59. The molecule has 26 heavy (non-hydrogen) atoms. The van der Waals surface area contributed by atoms with Gasteiger partial charge in [-0.1, -0.05) is 18.2 Å². The van der Waals surface area contributed by atoms with Crippen LogP contribution in [0.25, 0.3) is 0 Å². The van der Waals surface area contributed by atoms with Crippen molar-refractivity contribution in [2.45, 2.75) is 6.92 Å². The van der Waals surface area contributed by atoms with Crippen LogP contribution in [0.4, 0.5) is 11.4 Å². The average molecular weight is 373 g/mol. The van der Waals surface area contributed by atoms with E-state index in [9.17, 15) is 13.2 Å². The topological polar surface area (TPSA) is 69.7 Å². The molecule has 0 spiro atoms. The van der Waals surface area contributed by atoms with E-state index in [1.54, 1.807) is 6.07 Å². The van der Waals surface area contributed by atoms with Gasteiger partial charge in [-0.3, -0.25) is 4.79 Å². The van der Waals surface area contributed by atoms with Crippen LogP contribution in [0, 0.1) is 6.92 Å². The number of carbonyl (C=O) groups is 1. The Kier molecular flexibility index (Phi) is 5.29. The molecular weight excluding hydrogens is 350 g/mol. The van der Waals surface area contributed by atoms with Gasteiger partial charge in [0.05, 0.1) is 6.26 Å². The zero-order chi connectivity index (χ0) is 18.7. The number of hydrogen-bond donors (Lipinski definition) is 1. The number of carbonyl (C=O) groups excluding carboxylic acids is 1. The summed E-state index contributed by atoms with van der Waals surface area (Å²) in [6.45, 7) is 4.20. The highest BCUT2D eigenvalue weighted by Gasteiger charge is 2.23. The van der Waals surface area contributed by atoms with Crippen LogP contribution in [0.1, 0.15) is 15.9 Å². The zero-order valence-electron chi connectivity index (χ0n) is 15.0. The van der Waals surface area contributed by atoms with Gasteiger partial charge >= 0.3 is 0 Å². The van der Waals surface area contributed by atoms with Crippen molar-refractivity contribution in [3.8, 4) is 0 Å². The van der Waals surface area contributed by atoms with E-state index in [0.29, 0.717) is 31.7 Å². The number of amides is 1. The summed E-state index contributed by atoms with van der Waals surface area (Å²) < 4.78 is 24.7. The maximum atomic E-state index is 12.4. The summed E-state index contributed by atoms with van der Waals surface area (Å²) in [5, 5.41) is 2.91. The van der Waals surface area contributed by atoms with Gasteiger partial charge < -0.3 is 10.2 Å². The highest BCUT2D eigenvalue weighted by molar-refractivity contribution is 7.88. The summed E-state index contributed by atoms with van der Waals surface area (Å²) >= 11 is 0. The quantitative estimate of drug-likeness (QED) is 0.893. The fourth-order valence-electron chi connectivity index (χ4n) is 3.06. The van der Waals surface area contributed by atoms with Gasteiger partial charge in [0.2, 0.25) is 10.0 Å². The molecule has 0 radical (unpaired) electrons. The molecule has 6 nitrogen and oxygen atoms in total. The lowest BCUT2D eigenvalue weighted by Gasteiger charge is -2.34. The summed E-state index contributed by atoms with van der Waals surface area (Å²) in [5.41, 5.74) is 3.35. The molecule has 0 bridgehead atoms. The Labute approximate surface area is 154 Å². The molecule has 0 atom stereocenters. The smallest absolute Gasteiger partial charge is 0.255 e. The number of rotatable bonds is 4. The summed E-state index contributed by atoms with van der Waals surface area (Å²) in [4.78, 5) is 14.5. The molecule has 2 aromatic carbocycles. The third kappa shape index (κ3) is 4.23. The van der Waals surface area contributed by atoms with Crippen LogP contribution < -0.4 is 10.2 Å². The van der Waals surface area contributed by atoms with Gasteiger partial charge in [0.1, 0.15) is 0 Å². The van der Waals surface area contributed by atoms with E-state index in [0.717, 1.165) is 16.9 Å². The van der Waals surface area contributed by atoms with Crippen molar-refractivity contribution in [1.82, 2.24) is 4.31 Å². The molecule has 3 rings (SSSR count). The van der Waals surface area contributed by atoms with Crippen LogP contribution in [0.3, 0.4) is 0 Å². The third-order valence-corrected chi connectivity index (χ3v) is 5.89. The van der Waals surface area contributed by atoms with Gasteiger partial charge in [-0.2, -0.15) is 4.31 Å². The van der Waals surface area contributed by atoms with Crippen molar-refractivity contribution in [2.24, 2.45) is 0 Å². The highest BCUT2D eigenvalue weighted by Crippen LogP contribution is 2.21. The largest absolute Gasteiger partial charge is 0.369 e. The maximum absolute atomic E-state index is 12.4. The summed E-state index contributed by atoms with van der Waals surface area (Å²) in [6.07, 6.45) is 1.24. The lowest BCUT2D eigenvalue weighted by Crippen LogP contribution is -2.48. The number of nitrogens with zero attached hydrogens (tertiary/aromatic N) is 2. The number of aryl methyl sites for hydroxylation is 1. The molecule has 1 N–H and O–H groups in total. The maximum Gasteiger partial charge on any atom is 0.255 e. The van der Waals surface area contributed by atoms with E-state index in [-0.39, 0.29) is 5.91 Å². The second kappa shape index (κ2) is 7.47. The minimum absolute atomic E-state index is 0.127. The molecule has 0 aromatic heterocycles. The predicted octanol–water partition coefficient (Wildman–Crippen LogP) is 2.33. The first kappa shape index (κ1) is 18.4. The van der Waals surface area contributed by atoms with Crippen molar-refractivity contribution < 1.29 is 13.2 Å². The van der Waals surface area contributed by atoms with Crippen LogP contribution in [0.2, 0.25) is 0 Å². The molecule has 138 valence electrons. The lowest BCUT2D eigenvalue weighted by atomic mass is 10.1. The van der Waals surface area contributed by atoms with Gasteiger partial charge in [0, 0.05) is 43.1 Å². The van der Waals surface area contributed by atoms with Gasteiger partial charge in [0.25, 0.3) is 5.91 Å². The lowest BCUT2D eigenvalue weighted by molar-refractivity contribution is 0.102. The van der Waals surface area contributed by atoms with E-state index < -0.39 is 10.0 Å². The molecule has 1 aliphatic rings. The number of sulfonamides is 1. The van der Waals surface area contributed by atoms with Crippen molar-refractivity contribution in [3.63, 3.8) is 0 Å². The molecule has 7 heteroatoms. The van der Waals surface area contributed by atoms with Crippen LogP contribution >= 0.6 is 0 Å². The van der Waals surface area contributed by atoms with Gasteiger partial charge in [-0.15, -0.1) is 0 Å². The fourth-order valence-corrected chi connectivity index (χ4v) is 3.89. The summed E-state index contributed by atoms with van der Waals surface area (Å²) in [5.74, 6) is -0.127. The van der Waals surface area contributed by atoms with Crippen molar-refractivity contribution in [3.05, 3.63) is 59.7 Å². The first-order valence-corrected chi connectivity index (χ1v) is 10.4. The standard InChI is InChI=1S/C19H23N3O3S/c1-15-5-3-4-6-18(15)19(23)20-16-7-9-17(10-8-16)21-11-13-22(14-12-21)26(2,24)25/h3-10H,11-14H2,1-2H3,(H,20,23). The normalized spacial score (nSPS) is 15.7. The molecule has 0 unspecified atom stereocenters. The Bertz CT molecular complexity index is 887. The Morgan fingerprint density at radius 3 is 2.15 bits per heavy atom. The fraction of sp³-hybridized carbons (Fsp3) is 0.316. The highest BCUT2D eigenvalue weighted by atomic mass is 32.2. The van der Waals surface area contributed by atoms with E-state index in [4.69, 9.17) is 0 Å². The van der Waals surface area contributed by atoms with Crippen LogP contribution in [-0.4, -0.2) is 51.1 Å².